The van der Waals surface area contributed by atoms with Crippen molar-refractivity contribution in [2.24, 2.45) is 0 Å². The Labute approximate surface area is 107 Å². The molecule has 94 valence electrons. The minimum atomic E-state index is -1.14. The third kappa shape index (κ3) is 3.97. The lowest BCUT2D eigenvalue weighted by Crippen LogP contribution is -2.45. The smallest absolute Gasteiger partial charge is 0.115 e. The molecular formula is C13H17O3S-. The molecule has 0 aliphatic carbocycles. The molecule has 0 aliphatic heterocycles. The summed E-state index contributed by atoms with van der Waals surface area (Å²) < 4.78 is -1.13. The van der Waals surface area contributed by atoms with Gasteiger partial charge in [-0.25, -0.2) is 0 Å². The van der Waals surface area contributed by atoms with Crippen LogP contribution in [0.3, 0.4) is 0 Å². The van der Waals surface area contributed by atoms with Gasteiger partial charge < -0.3 is 15.0 Å². The minimum absolute atomic E-state index is 0.167. The predicted octanol–water partition coefficient (Wildman–Crippen LogP) is 1.54. The highest BCUT2D eigenvalue weighted by Crippen LogP contribution is 2.27. The van der Waals surface area contributed by atoms with E-state index in [0.717, 1.165) is 18.4 Å². The molecule has 1 rings (SSSR count). The zero-order chi connectivity index (χ0) is 12.9. The number of hydrogen-bond acceptors (Lipinski definition) is 4. The summed E-state index contributed by atoms with van der Waals surface area (Å²) >= 11 is 4.26. The van der Waals surface area contributed by atoms with Gasteiger partial charge in [-0.15, -0.1) is 0 Å². The van der Waals surface area contributed by atoms with Gasteiger partial charge in [0.05, 0.1) is 10.7 Å². The fourth-order valence-corrected chi connectivity index (χ4v) is 2.02. The van der Waals surface area contributed by atoms with E-state index in [-0.39, 0.29) is 5.75 Å². The molecule has 4 heteroatoms. The Balaban J connectivity index is 2.79. The van der Waals surface area contributed by atoms with E-state index in [1.54, 1.807) is 24.3 Å². The summed E-state index contributed by atoms with van der Waals surface area (Å²) in [5.74, 6) is -0.970. The molecule has 0 spiro atoms. The van der Waals surface area contributed by atoms with Crippen LogP contribution in [-0.4, -0.2) is 15.8 Å². The summed E-state index contributed by atoms with van der Waals surface area (Å²) in [4.78, 5) is 11.2. The molecule has 0 bridgehead atoms. The van der Waals surface area contributed by atoms with Gasteiger partial charge in [-0.3, -0.25) is 0 Å². The Morgan fingerprint density at radius 3 is 2.47 bits per heavy atom. The number of carbonyl (C=O) groups is 1. The number of phenolic OH excluding ortho intramolecular Hbond substituents is 1. The Hall–Kier alpha value is -1.16. The second kappa shape index (κ2) is 5.96. The molecular weight excluding hydrogens is 236 g/mol. The molecule has 0 saturated heterocycles. The Morgan fingerprint density at radius 2 is 2.00 bits per heavy atom. The van der Waals surface area contributed by atoms with Gasteiger partial charge in [-0.2, -0.15) is 12.6 Å². The standard InChI is InChI=1S/C13H18O3S/c1-2-3-8-13(17,12(15)16)9-10-4-6-11(14)7-5-10/h4-7,14,17H,2-3,8-9H2,1H3,(H,15,16)/p-1. The number of carboxylic acids is 1. The first kappa shape index (κ1) is 13.9. The number of benzene rings is 1. The van der Waals surface area contributed by atoms with Crippen molar-refractivity contribution < 1.29 is 15.0 Å². The van der Waals surface area contributed by atoms with Crippen LogP contribution in [0.2, 0.25) is 0 Å². The van der Waals surface area contributed by atoms with Crippen LogP contribution in [0.4, 0.5) is 0 Å². The topological polar surface area (TPSA) is 60.4 Å². The minimum Gasteiger partial charge on any atom is -0.549 e. The van der Waals surface area contributed by atoms with Crippen molar-refractivity contribution in [1.82, 2.24) is 0 Å². The van der Waals surface area contributed by atoms with Crippen molar-refractivity contribution in [3.05, 3.63) is 29.8 Å². The maximum absolute atomic E-state index is 11.2. The van der Waals surface area contributed by atoms with Gasteiger partial charge in [-0.05, 0) is 30.5 Å². The summed E-state index contributed by atoms with van der Waals surface area (Å²) in [5, 5.41) is 20.3. The van der Waals surface area contributed by atoms with Gasteiger partial charge in [0.15, 0.2) is 0 Å². The molecule has 0 fully saturated rings. The van der Waals surface area contributed by atoms with E-state index in [0.29, 0.717) is 12.8 Å². The molecule has 1 aromatic rings. The fourth-order valence-electron chi connectivity index (χ4n) is 1.68. The second-order valence-electron chi connectivity index (χ2n) is 4.27. The number of carbonyl (C=O) groups excluding carboxylic acids is 1. The van der Waals surface area contributed by atoms with Crippen molar-refractivity contribution >= 4 is 18.6 Å². The largest absolute Gasteiger partial charge is 0.549 e. The van der Waals surface area contributed by atoms with Crippen molar-refractivity contribution in [1.29, 1.82) is 0 Å². The molecule has 17 heavy (non-hydrogen) atoms. The first-order chi connectivity index (χ1) is 7.98. The molecule has 0 aliphatic rings. The maximum Gasteiger partial charge on any atom is 0.115 e. The Bertz CT molecular complexity index is 375. The molecule has 1 atom stereocenters. The van der Waals surface area contributed by atoms with E-state index in [1.165, 1.54) is 0 Å². The normalized spacial score (nSPS) is 14.2. The highest BCUT2D eigenvalue weighted by atomic mass is 32.1. The molecule has 0 aromatic heterocycles. The van der Waals surface area contributed by atoms with Crippen molar-refractivity contribution in [2.45, 2.75) is 37.4 Å². The zero-order valence-corrected chi connectivity index (χ0v) is 10.7. The SMILES string of the molecule is CCCCC(S)(Cc1ccc(O)cc1)C(=O)[O-]. The predicted molar refractivity (Wildman–Crippen MR) is 68.1 cm³/mol. The number of aliphatic carboxylic acids is 1. The Morgan fingerprint density at radius 1 is 1.41 bits per heavy atom. The summed E-state index contributed by atoms with van der Waals surface area (Å²) in [6.07, 6.45) is 2.51. The third-order valence-corrected chi connectivity index (χ3v) is 3.32. The van der Waals surface area contributed by atoms with Crippen LogP contribution in [0, 0.1) is 0 Å². The summed E-state index contributed by atoms with van der Waals surface area (Å²) in [7, 11) is 0. The molecule has 3 nitrogen and oxygen atoms in total. The molecule has 0 amide bonds. The van der Waals surface area contributed by atoms with E-state index in [1.807, 2.05) is 6.92 Å². The number of thiol groups is 1. The number of rotatable bonds is 6. The van der Waals surface area contributed by atoms with Gasteiger partial charge in [0, 0.05) is 0 Å². The van der Waals surface area contributed by atoms with Gasteiger partial charge in [0.2, 0.25) is 0 Å². The average Bonchev–Trinajstić information content (AvgIpc) is 2.29. The summed E-state index contributed by atoms with van der Waals surface area (Å²) in [5.41, 5.74) is 0.832. The fraction of sp³-hybridized carbons (Fsp3) is 0.462. The number of carboxylic acid groups (broad SMARTS) is 1. The third-order valence-electron chi connectivity index (χ3n) is 2.76. The first-order valence-corrected chi connectivity index (χ1v) is 6.14. The molecule has 0 radical (unpaired) electrons. The van der Waals surface area contributed by atoms with Crippen LogP contribution in [0.5, 0.6) is 5.75 Å². The molecule has 1 N–H and O–H groups in total. The summed E-state index contributed by atoms with van der Waals surface area (Å²) in [6.45, 7) is 2.00. The summed E-state index contributed by atoms with van der Waals surface area (Å²) in [6, 6.07) is 6.49. The van der Waals surface area contributed by atoms with Crippen molar-refractivity contribution in [2.75, 3.05) is 0 Å². The van der Waals surface area contributed by atoms with E-state index < -0.39 is 10.7 Å². The highest BCUT2D eigenvalue weighted by molar-refractivity contribution is 7.82. The van der Waals surface area contributed by atoms with Crippen LogP contribution < -0.4 is 5.11 Å². The Kier molecular flexibility index (Phi) is 4.87. The van der Waals surface area contributed by atoms with E-state index in [9.17, 15) is 9.90 Å². The number of unbranched alkanes of at least 4 members (excludes halogenated alkanes) is 1. The van der Waals surface area contributed by atoms with Gasteiger partial charge in [-0.1, -0.05) is 31.9 Å². The monoisotopic (exact) mass is 253 g/mol. The van der Waals surface area contributed by atoms with Crippen molar-refractivity contribution in [3.8, 4) is 5.75 Å². The maximum atomic E-state index is 11.2. The molecule has 0 saturated carbocycles. The van der Waals surface area contributed by atoms with Gasteiger partial charge in [0.1, 0.15) is 5.75 Å². The van der Waals surface area contributed by atoms with Crippen LogP contribution in [0.25, 0.3) is 0 Å². The highest BCUT2D eigenvalue weighted by Gasteiger charge is 2.26. The second-order valence-corrected chi connectivity index (χ2v) is 5.12. The van der Waals surface area contributed by atoms with E-state index in [4.69, 9.17) is 5.11 Å². The lowest BCUT2D eigenvalue weighted by atomic mass is 9.93. The van der Waals surface area contributed by atoms with E-state index in [2.05, 4.69) is 12.6 Å². The van der Waals surface area contributed by atoms with Gasteiger partial charge in [0.25, 0.3) is 0 Å². The molecule has 1 aromatic carbocycles. The molecule has 1 unspecified atom stereocenters. The molecule has 0 heterocycles. The average molecular weight is 253 g/mol. The van der Waals surface area contributed by atoms with E-state index >= 15 is 0 Å². The van der Waals surface area contributed by atoms with Crippen LogP contribution in [-0.2, 0) is 11.2 Å². The number of aromatic hydroxyl groups is 1. The zero-order valence-electron chi connectivity index (χ0n) is 9.85. The van der Waals surface area contributed by atoms with Crippen LogP contribution in [0.1, 0.15) is 31.7 Å². The van der Waals surface area contributed by atoms with Crippen molar-refractivity contribution in [3.63, 3.8) is 0 Å². The quantitative estimate of drug-likeness (QED) is 0.756. The lowest BCUT2D eigenvalue weighted by Gasteiger charge is -2.29. The lowest BCUT2D eigenvalue weighted by molar-refractivity contribution is -0.309. The van der Waals surface area contributed by atoms with Crippen LogP contribution in [0.15, 0.2) is 24.3 Å². The number of phenols is 1. The van der Waals surface area contributed by atoms with Gasteiger partial charge >= 0.3 is 0 Å². The van der Waals surface area contributed by atoms with Crippen LogP contribution >= 0.6 is 12.6 Å². The first-order valence-electron chi connectivity index (χ1n) is 5.69. The number of hydrogen-bond donors (Lipinski definition) is 2.